The van der Waals surface area contributed by atoms with Crippen molar-refractivity contribution in [3.05, 3.63) is 12.2 Å². The molecule has 14 heavy (non-hydrogen) atoms. The van der Waals surface area contributed by atoms with Crippen LogP contribution in [0.2, 0.25) is 0 Å². The topological polar surface area (TPSA) is 17.1 Å². The van der Waals surface area contributed by atoms with Gasteiger partial charge in [0.15, 0.2) is 5.78 Å². The molecule has 0 bridgehead atoms. The third-order valence-corrected chi connectivity index (χ3v) is 4.33. The number of fused-ring (bicyclic) bond motifs is 1. The van der Waals surface area contributed by atoms with Gasteiger partial charge in [-0.3, -0.25) is 4.79 Å². The first-order valence-corrected chi connectivity index (χ1v) is 5.66. The fourth-order valence-corrected chi connectivity index (χ4v) is 3.43. The highest BCUT2D eigenvalue weighted by Gasteiger charge is 2.47. The van der Waals surface area contributed by atoms with E-state index in [1.54, 1.807) is 6.08 Å². The highest BCUT2D eigenvalue weighted by Crippen LogP contribution is 2.54. The van der Waals surface area contributed by atoms with Crippen LogP contribution in [-0.2, 0) is 4.79 Å². The Morgan fingerprint density at radius 1 is 1.29 bits per heavy atom. The maximum Gasteiger partial charge on any atom is 0.155 e. The second-order valence-corrected chi connectivity index (χ2v) is 5.90. The molecule has 0 spiro atoms. The van der Waals surface area contributed by atoms with Gasteiger partial charge in [-0.1, -0.05) is 33.3 Å². The molecule has 0 amide bonds. The first-order chi connectivity index (χ1) is 6.44. The summed E-state index contributed by atoms with van der Waals surface area (Å²) < 4.78 is 0. The van der Waals surface area contributed by atoms with Crippen molar-refractivity contribution < 1.29 is 4.79 Å². The maximum absolute atomic E-state index is 11.5. The number of allylic oxidation sites excluding steroid dienone is 2. The lowest BCUT2D eigenvalue weighted by atomic mass is 9.53. The van der Waals surface area contributed by atoms with Gasteiger partial charge in [-0.15, -0.1) is 0 Å². The van der Waals surface area contributed by atoms with Crippen LogP contribution in [0.25, 0.3) is 0 Å². The van der Waals surface area contributed by atoms with Gasteiger partial charge in [0.2, 0.25) is 0 Å². The summed E-state index contributed by atoms with van der Waals surface area (Å²) >= 11 is 0. The summed E-state index contributed by atoms with van der Waals surface area (Å²) in [7, 11) is 0. The Bertz CT molecular complexity index is 288. The average Bonchev–Trinajstić information content (AvgIpc) is 2.08. The van der Waals surface area contributed by atoms with E-state index >= 15 is 0 Å². The van der Waals surface area contributed by atoms with Crippen molar-refractivity contribution in [3.8, 4) is 0 Å². The van der Waals surface area contributed by atoms with E-state index < -0.39 is 0 Å². The van der Waals surface area contributed by atoms with Crippen molar-refractivity contribution in [2.45, 2.75) is 46.5 Å². The van der Waals surface area contributed by atoms with E-state index in [0.717, 1.165) is 6.42 Å². The smallest absolute Gasteiger partial charge is 0.155 e. The van der Waals surface area contributed by atoms with Crippen molar-refractivity contribution in [3.63, 3.8) is 0 Å². The molecule has 0 aromatic carbocycles. The number of rotatable bonds is 0. The lowest BCUT2D eigenvalue weighted by Crippen LogP contribution is -2.43. The molecule has 2 atom stereocenters. The lowest BCUT2D eigenvalue weighted by molar-refractivity contribution is -0.120. The van der Waals surface area contributed by atoms with Crippen LogP contribution in [0.4, 0.5) is 0 Å². The van der Waals surface area contributed by atoms with Gasteiger partial charge >= 0.3 is 0 Å². The Balaban J connectivity index is 2.36. The number of ketones is 1. The summed E-state index contributed by atoms with van der Waals surface area (Å²) in [5, 5.41) is 0. The number of hydrogen-bond acceptors (Lipinski definition) is 1. The molecule has 78 valence electrons. The summed E-state index contributed by atoms with van der Waals surface area (Å²) in [6.07, 6.45) is 8.57. The molecule has 0 aromatic rings. The third kappa shape index (κ3) is 1.43. The van der Waals surface area contributed by atoms with Crippen molar-refractivity contribution in [2.75, 3.05) is 0 Å². The number of hydrogen-bond donors (Lipinski definition) is 0. The minimum atomic E-state index is 0.287. The Morgan fingerprint density at radius 2 is 2.00 bits per heavy atom. The van der Waals surface area contributed by atoms with Gasteiger partial charge < -0.3 is 0 Å². The van der Waals surface area contributed by atoms with Crippen LogP contribution in [0.15, 0.2) is 12.2 Å². The molecule has 1 saturated carbocycles. The summed E-state index contributed by atoms with van der Waals surface area (Å²) in [5.74, 6) is 0.878. The van der Waals surface area contributed by atoms with Gasteiger partial charge in [0.25, 0.3) is 0 Å². The molecule has 1 heteroatoms. The Kier molecular flexibility index (Phi) is 2.09. The molecule has 2 aliphatic rings. The summed E-state index contributed by atoms with van der Waals surface area (Å²) in [5.41, 5.74) is 0.628. The Labute approximate surface area is 86.6 Å². The normalized spacial score (nSPS) is 40.8. The zero-order valence-corrected chi connectivity index (χ0v) is 9.47. The van der Waals surface area contributed by atoms with Crippen molar-refractivity contribution in [1.29, 1.82) is 0 Å². The Hall–Kier alpha value is -0.590. The molecule has 0 radical (unpaired) electrons. The molecule has 0 unspecified atom stereocenters. The zero-order valence-electron chi connectivity index (χ0n) is 9.47. The zero-order chi connectivity index (χ0) is 10.4. The van der Waals surface area contributed by atoms with Gasteiger partial charge in [0.05, 0.1) is 0 Å². The molecule has 0 N–H and O–H groups in total. The van der Waals surface area contributed by atoms with Crippen LogP contribution in [0.5, 0.6) is 0 Å². The van der Waals surface area contributed by atoms with Crippen LogP contribution in [-0.4, -0.2) is 5.78 Å². The summed E-state index contributed by atoms with van der Waals surface area (Å²) in [4.78, 5) is 11.5. The van der Waals surface area contributed by atoms with E-state index in [-0.39, 0.29) is 5.41 Å². The van der Waals surface area contributed by atoms with Crippen LogP contribution < -0.4 is 0 Å². The van der Waals surface area contributed by atoms with Crippen LogP contribution in [0.1, 0.15) is 46.5 Å². The first-order valence-electron chi connectivity index (χ1n) is 5.66. The van der Waals surface area contributed by atoms with Gasteiger partial charge in [-0.2, -0.15) is 0 Å². The highest BCUT2D eigenvalue weighted by molar-refractivity contribution is 5.91. The van der Waals surface area contributed by atoms with E-state index in [1.807, 2.05) is 0 Å². The van der Waals surface area contributed by atoms with Gasteiger partial charge in [0.1, 0.15) is 0 Å². The average molecular weight is 192 g/mol. The molecule has 0 saturated heterocycles. The fraction of sp³-hybridized carbons (Fsp3) is 0.769. The second kappa shape index (κ2) is 2.95. The monoisotopic (exact) mass is 192 g/mol. The van der Waals surface area contributed by atoms with Crippen LogP contribution in [0, 0.1) is 16.7 Å². The van der Waals surface area contributed by atoms with Gasteiger partial charge in [-0.25, -0.2) is 0 Å². The van der Waals surface area contributed by atoms with Gasteiger partial charge in [0, 0.05) is 6.42 Å². The molecule has 2 rings (SSSR count). The molecular formula is C13H20O. The molecular weight excluding hydrogens is 172 g/mol. The highest BCUT2D eigenvalue weighted by atomic mass is 16.1. The quantitative estimate of drug-likeness (QED) is 0.575. The van der Waals surface area contributed by atoms with Gasteiger partial charge in [-0.05, 0) is 35.7 Å². The first kappa shape index (κ1) is 9.95. The SMILES string of the molecule is CC1(C)CCC[C@]2(C)C=CC(=O)C[C@@H]12. The summed E-state index contributed by atoms with van der Waals surface area (Å²) in [6, 6.07) is 0. The summed E-state index contributed by atoms with van der Waals surface area (Å²) in [6.45, 7) is 6.96. The lowest BCUT2D eigenvalue weighted by Gasteiger charge is -2.51. The molecule has 0 aromatic heterocycles. The van der Waals surface area contributed by atoms with E-state index in [0.29, 0.717) is 17.1 Å². The molecule has 0 aliphatic heterocycles. The second-order valence-electron chi connectivity index (χ2n) is 5.90. The maximum atomic E-state index is 11.5. The van der Waals surface area contributed by atoms with Crippen LogP contribution >= 0.6 is 0 Å². The minimum absolute atomic E-state index is 0.287. The van der Waals surface area contributed by atoms with E-state index in [1.165, 1.54) is 19.3 Å². The third-order valence-electron chi connectivity index (χ3n) is 4.33. The molecule has 0 heterocycles. The molecule has 1 fully saturated rings. The standard InChI is InChI=1S/C13H20O/c1-12(2)6-4-7-13(3)8-5-10(14)9-11(12)13/h5,8,11H,4,6-7,9H2,1-3H3/t11-,13+/m0/s1. The predicted molar refractivity (Wildman–Crippen MR) is 58.0 cm³/mol. The van der Waals surface area contributed by atoms with E-state index in [4.69, 9.17) is 0 Å². The van der Waals surface area contributed by atoms with Crippen molar-refractivity contribution >= 4 is 5.78 Å². The largest absolute Gasteiger partial charge is 0.295 e. The number of carbonyl (C=O) groups is 1. The number of carbonyl (C=O) groups excluding carboxylic acids is 1. The van der Waals surface area contributed by atoms with Crippen molar-refractivity contribution in [1.82, 2.24) is 0 Å². The molecule has 2 aliphatic carbocycles. The fourth-order valence-electron chi connectivity index (χ4n) is 3.43. The van der Waals surface area contributed by atoms with E-state index in [2.05, 4.69) is 26.8 Å². The Morgan fingerprint density at radius 3 is 2.71 bits per heavy atom. The van der Waals surface area contributed by atoms with Crippen LogP contribution in [0.3, 0.4) is 0 Å². The van der Waals surface area contributed by atoms with E-state index in [9.17, 15) is 4.79 Å². The minimum Gasteiger partial charge on any atom is -0.295 e. The predicted octanol–water partition coefficient (Wildman–Crippen LogP) is 3.35. The molecule has 1 nitrogen and oxygen atoms in total. The van der Waals surface area contributed by atoms with Crippen molar-refractivity contribution in [2.24, 2.45) is 16.7 Å².